The molecule has 2 atom stereocenters. The lowest BCUT2D eigenvalue weighted by Gasteiger charge is -2.24. The van der Waals surface area contributed by atoms with E-state index in [1.54, 1.807) is 12.1 Å². The van der Waals surface area contributed by atoms with E-state index in [9.17, 15) is 9.59 Å². The number of pyridine rings is 1. The predicted octanol–water partition coefficient (Wildman–Crippen LogP) is 3.90. The van der Waals surface area contributed by atoms with Crippen molar-refractivity contribution in [3.05, 3.63) is 64.2 Å². The van der Waals surface area contributed by atoms with Crippen LogP contribution in [-0.2, 0) is 4.79 Å². The molecule has 0 aliphatic heterocycles. The van der Waals surface area contributed by atoms with Crippen LogP contribution < -0.4 is 11.1 Å². The van der Waals surface area contributed by atoms with Gasteiger partial charge in [-0.15, -0.1) is 0 Å². The number of hydrogen-bond acceptors (Lipinski definition) is 4. The molecule has 0 unspecified atom stereocenters. The summed E-state index contributed by atoms with van der Waals surface area (Å²) in [6.45, 7) is 1.83. The van der Waals surface area contributed by atoms with E-state index in [0.29, 0.717) is 11.1 Å². The molecule has 3 N–H and O–H groups in total. The van der Waals surface area contributed by atoms with E-state index >= 15 is 4.39 Å². The number of hydrogen-bond donors (Lipinski definition) is 2. The topological polar surface area (TPSA) is 85.1 Å². The van der Waals surface area contributed by atoms with Gasteiger partial charge in [-0.3, -0.25) is 14.6 Å². The van der Waals surface area contributed by atoms with E-state index < -0.39 is 17.5 Å². The zero-order valence-corrected chi connectivity index (χ0v) is 15.7. The standard InChI is InChI=1S/C20H21ClFN3O2.2H2/c1-11(10-16(23)26)25-19(12-2-3-12)14-4-5-15(21)17(18(14)22)20(27)13-6-8-24-9-7-13;;/h4-9,11-12,19,25H,2-3,10H2,1H3,(H2,23,26);2*1H/t11-,19-;;/m1../s1. The first-order valence-electron chi connectivity index (χ1n) is 8.85. The summed E-state index contributed by atoms with van der Waals surface area (Å²) >= 11 is 6.16. The van der Waals surface area contributed by atoms with Crippen molar-refractivity contribution in [2.75, 3.05) is 0 Å². The van der Waals surface area contributed by atoms with Crippen molar-refractivity contribution in [1.82, 2.24) is 10.3 Å². The van der Waals surface area contributed by atoms with Gasteiger partial charge in [0.15, 0.2) is 5.78 Å². The van der Waals surface area contributed by atoms with Crippen molar-refractivity contribution < 1.29 is 16.8 Å². The van der Waals surface area contributed by atoms with Gasteiger partial charge >= 0.3 is 0 Å². The minimum Gasteiger partial charge on any atom is -0.370 e. The van der Waals surface area contributed by atoms with Crippen LogP contribution in [0.25, 0.3) is 0 Å². The molecule has 27 heavy (non-hydrogen) atoms. The number of ketones is 1. The van der Waals surface area contributed by atoms with E-state index in [-0.39, 0.29) is 37.9 Å². The summed E-state index contributed by atoms with van der Waals surface area (Å²) in [5.41, 5.74) is 5.82. The van der Waals surface area contributed by atoms with Gasteiger partial charge in [0.1, 0.15) is 5.82 Å². The van der Waals surface area contributed by atoms with Gasteiger partial charge in [0.25, 0.3) is 0 Å². The number of rotatable bonds is 8. The number of benzene rings is 1. The number of primary amides is 1. The lowest BCUT2D eigenvalue weighted by Crippen LogP contribution is -2.35. The Balaban J connectivity index is 0.00000210. The Morgan fingerprint density at radius 2 is 2.00 bits per heavy atom. The second-order valence-electron chi connectivity index (χ2n) is 6.94. The smallest absolute Gasteiger partial charge is 0.218 e. The van der Waals surface area contributed by atoms with E-state index in [0.717, 1.165) is 12.8 Å². The molecule has 7 heteroatoms. The summed E-state index contributed by atoms with van der Waals surface area (Å²) in [5, 5.41) is 3.35. The van der Waals surface area contributed by atoms with Crippen LogP contribution in [0.2, 0.25) is 5.02 Å². The molecule has 0 spiro atoms. The Morgan fingerprint density at radius 1 is 1.33 bits per heavy atom. The van der Waals surface area contributed by atoms with E-state index in [1.807, 2.05) is 6.92 Å². The van der Waals surface area contributed by atoms with Gasteiger partial charge in [0.2, 0.25) is 5.91 Å². The molecule has 1 fully saturated rings. The van der Waals surface area contributed by atoms with Gasteiger partial charge in [-0.05, 0) is 43.9 Å². The lowest BCUT2D eigenvalue weighted by molar-refractivity contribution is -0.118. The molecule has 1 saturated carbocycles. The van der Waals surface area contributed by atoms with Crippen molar-refractivity contribution in [1.29, 1.82) is 0 Å². The molecule has 1 aromatic heterocycles. The molecule has 2 aromatic rings. The van der Waals surface area contributed by atoms with Gasteiger partial charge in [-0.1, -0.05) is 17.7 Å². The van der Waals surface area contributed by atoms with E-state index in [2.05, 4.69) is 10.3 Å². The number of nitrogens with zero attached hydrogens (tertiary/aromatic N) is 1. The van der Waals surface area contributed by atoms with Crippen molar-refractivity contribution in [3.63, 3.8) is 0 Å². The monoisotopic (exact) mass is 393 g/mol. The largest absolute Gasteiger partial charge is 0.370 e. The van der Waals surface area contributed by atoms with Crippen LogP contribution in [0.15, 0.2) is 36.7 Å². The number of nitrogens with two attached hydrogens (primary N) is 1. The highest BCUT2D eigenvalue weighted by Crippen LogP contribution is 2.43. The Bertz CT molecular complexity index is 866. The maximum absolute atomic E-state index is 15.4. The van der Waals surface area contributed by atoms with Crippen LogP contribution in [0.3, 0.4) is 0 Å². The summed E-state index contributed by atoms with van der Waals surface area (Å²) in [6, 6.07) is 5.69. The van der Waals surface area contributed by atoms with Crippen LogP contribution >= 0.6 is 11.6 Å². The highest BCUT2D eigenvalue weighted by molar-refractivity contribution is 6.35. The second kappa shape index (κ2) is 8.15. The summed E-state index contributed by atoms with van der Waals surface area (Å²) < 4.78 is 15.4. The van der Waals surface area contributed by atoms with Crippen molar-refractivity contribution in [2.45, 2.75) is 38.3 Å². The van der Waals surface area contributed by atoms with Crippen LogP contribution in [0, 0.1) is 11.7 Å². The maximum atomic E-state index is 15.4. The first-order valence-corrected chi connectivity index (χ1v) is 9.23. The molecular formula is C20H25ClFN3O2. The molecule has 0 bridgehead atoms. The van der Waals surface area contributed by atoms with Gasteiger partial charge in [-0.2, -0.15) is 0 Å². The lowest BCUT2D eigenvalue weighted by atomic mass is 9.95. The Hall–Kier alpha value is -2.31. The molecule has 1 aliphatic carbocycles. The molecule has 146 valence electrons. The highest BCUT2D eigenvalue weighted by atomic mass is 35.5. The zero-order chi connectivity index (χ0) is 19.6. The second-order valence-corrected chi connectivity index (χ2v) is 7.35. The van der Waals surface area contributed by atoms with Crippen molar-refractivity contribution >= 4 is 23.3 Å². The number of carbonyl (C=O) groups is 2. The summed E-state index contributed by atoms with van der Waals surface area (Å²) in [6.07, 6.45) is 5.01. The Morgan fingerprint density at radius 3 is 2.59 bits per heavy atom. The van der Waals surface area contributed by atoms with Gasteiger partial charge in [0.05, 0.1) is 10.6 Å². The van der Waals surface area contributed by atoms with Crippen molar-refractivity contribution in [3.8, 4) is 0 Å². The molecule has 1 aliphatic rings. The minimum absolute atomic E-state index is 0. The summed E-state index contributed by atoms with van der Waals surface area (Å²) in [4.78, 5) is 27.8. The molecule has 5 nitrogen and oxygen atoms in total. The first kappa shape index (κ1) is 19.5. The number of carbonyl (C=O) groups excluding carboxylic acids is 2. The predicted molar refractivity (Wildman–Crippen MR) is 105 cm³/mol. The Labute approximate surface area is 165 Å². The highest BCUT2D eigenvalue weighted by Gasteiger charge is 2.36. The average molecular weight is 394 g/mol. The molecule has 1 aromatic carbocycles. The van der Waals surface area contributed by atoms with Gasteiger partial charge < -0.3 is 11.1 Å². The van der Waals surface area contributed by atoms with Crippen LogP contribution in [-0.4, -0.2) is 22.7 Å². The fourth-order valence-corrected chi connectivity index (χ4v) is 3.47. The van der Waals surface area contributed by atoms with Crippen molar-refractivity contribution in [2.24, 2.45) is 11.7 Å². The third-order valence-corrected chi connectivity index (χ3v) is 5.01. The molecular weight excluding hydrogens is 369 g/mol. The molecule has 1 amide bonds. The normalized spacial score (nSPS) is 16.0. The fraction of sp³-hybridized carbons (Fsp3) is 0.350. The molecule has 3 rings (SSSR count). The Kier molecular flexibility index (Phi) is 5.87. The molecule has 0 radical (unpaired) electrons. The summed E-state index contributed by atoms with van der Waals surface area (Å²) in [5.74, 6) is -1.28. The van der Waals surface area contributed by atoms with Gasteiger partial charge in [0, 0.05) is 44.9 Å². The van der Waals surface area contributed by atoms with Crippen LogP contribution in [0.4, 0.5) is 4.39 Å². The quantitative estimate of drug-likeness (QED) is 0.666. The zero-order valence-electron chi connectivity index (χ0n) is 14.9. The summed E-state index contributed by atoms with van der Waals surface area (Å²) in [7, 11) is 0. The first-order chi connectivity index (χ1) is 12.9. The van der Waals surface area contributed by atoms with E-state index in [1.165, 1.54) is 24.5 Å². The van der Waals surface area contributed by atoms with Crippen LogP contribution in [0.1, 0.15) is 56.6 Å². The fourth-order valence-electron chi connectivity index (χ4n) is 3.24. The van der Waals surface area contributed by atoms with Crippen LogP contribution in [0.5, 0.6) is 0 Å². The SMILES string of the molecule is C[C@H](CC(N)=O)N[C@@H](c1ccc(Cl)c(C(=O)c2ccncc2)c1F)C1CC1.[HH].[HH]. The minimum atomic E-state index is -0.625. The number of aromatic nitrogens is 1. The van der Waals surface area contributed by atoms with E-state index in [4.69, 9.17) is 17.3 Å². The molecule has 0 saturated heterocycles. The number of halogens is 2. The third-order valence-electron chi connectivity index (χ3n) is 4.69. The third kappa shape index (κ3) is 4.51. The maximum Gasteiger partial charge on any atom is 0.218 e. The molecule has 1 heterocycles. The average Bonchev–Trinajstić information content (AvgIpc) is 3.45. The number of amides is 1. The number of nitrogens with one attached hydrogen (secondary N) is 1. The van der Waals surface area contributed by atoms with Gasteiger partial charge in [-0.25, -0.2) is 4.39 Å².